The first-order chi connectivity index (χ1) is 6.18. The molecule has 1 aromatic carbocycles. The van der Waals surface area contributed by atoms with Crippen molar-refractivity contribution < 1.29 is 0 Å². The molecule has 1 nitrogen and oxygen atoms in total. The molecule has 0 N–H and O–H groups in total. The van der Waals surface area contributed by atoms with Crippen molar-refractivity contribution in [3.63, 3.8) is 0 Å². The molecule has 3 heteroatoms. The second-order valence-electron chi connectivity index (χ2n) is 2.89. The summed E-state index contributed by atoms with van der Waals surface area (Å²) in [6.45, 7) is 1.82. The van der Waals surface area contributed by atoms with Gasteiger partial charge < -0.3 is 0 Å². The molecule has 13 heavy (non-hydrogen) atoms. The molecule has 0 saturated carbocycles. The third kappa shape index (κ3) is 1.47. The molecule has 0 fully saturated rings. The van der Waals surface area contributed by atoms with Crippen molar-refractivity contribution in [3.05, 3.63) is 44.4 Å². The number of hydrogen-bond donors (Lipinski definition) is 0. The van der Waals surface area contributed by atoms with Crippen LogP contribution >= 0.6 is 22.9 Å². The zero-order chi connectivity index (χ0) is 9.42. The van der Waals surface area contributed by atoms with Crippen molar-refractivity contribution in [1.82, 2.24) is 0 Å². The predicted molar refractivity (Wildman–Crippen MR) is 57.8 cm³/mol. The maximum absolute atomic E-state index is 11.6. The molecule has 2 aromatic rings. The van der Waals surface area contributed by atoms with E-state index in [2.05, 4.69) is 0 Å². The lowest BCUT2D eigenvalue weighted by Crippen LogP contribution is -2.02. The molecule has 2 rings (SSSR count). The lowest BCUT2D eigenvalue weighted by atomic mass is 10.2. The van der Waals surface area contributed by atoms with Crippen molar-refractivity contribution in [1.29, 1.82) is 0 Å². The molecular formula is C10H7ClOS. The van der Waals surface area contributed by atoms with E-state index < -0.39 is 0 Å². The van der Waals surface area contributed by atoms with Crippen LogP contribution in [0.3, 0.4) is 0 Å². The Bertz CT molecular complexity index is 511. The molecule has 0 amide bonds. The predicted octanol–water partition coefficient (Wildman–Crippen LogP) is 3.22. The molecule has 0 aliphatic carbocycles. The first-order valence-electron chi connectivity index (χ1n) is 3.86. The van der Waals surface area contributed by atoms with Crippen molar-refractivity contribution in [3.8, 4) is 0 Å². The van der Waals surface area contributed by atoms with Crippen LogP contribution in [0.1, 0.15) is 5.56 Å². The summed E-state index contributed by atoms with van der Waals surface area (Å²) in [4.78, 5) is 11.6. The Morgan fingerprint density at radius 1 is 1.38 bits per heavy atom. The highest BCUT2D eigenvalue weighted by atomic mass is 35.5. The minimum Gasteiger partial charge on any atom is -0.289 e. The molecule has 0 aliphatic rings. The zero-order valence-corrected chi connectivity index (χ0v) is 8.58. The first kappa shape index (κ1) is 8.73. The van der Waals surface area contributed by atoms with Crippen LogP contribution in [0.4, 0.5) is 0 Å². The van der Waals surface area contributed by atoms with E-state index in [1.807, 2.05) is 18.4 Å². The summed E-state index contributed by atoms with van der Waals surface area (Å²) in [6.07, 6.45) is 0. The van der Waals surface area contributed by atoms with Gasteiger partial charge in [-0.2, -0.15) is 0 Å². The quantitative estimate of drug-likeness (QED) is 0.653. The highest BCUT2D eigenvalue weighted by molar-refractivity contribution is 7.16. The van der Waals surface area contributed by atoms with Crippen molar-refractivity contribution in [2.45, 2.75) is 6.92 Å². The van der Waals surface area contributed by atoms with E-state index in [1.54, 1.807) is 23.5 Å². The van der Waals surface area contributed by atoms with E-state index >= 15 is 0 Å². The maximum Gasteiger partial charge on any atom is 0.190 e. The summed E-state index contributed by atoms with van der Waals surface area (Å²) in [5.41, 5.74) is 0.857. The number of halogens is 1. The monoisotopic (exact) mass is 210 g/mol. The molecule has 1 aromatic heterocycles. The standard InChI is InChI=1S/C10H7ClOS/c1-6-5-13-9-3-2-7(11)4-8(9)10(6)12/h2-5H,1H3. The number of hydrogen-bond acceptors (Lipinski definition) is 2. The van der Waals surface area contributed by atoms with Crippen LogP contribution in [0.2, 0.25) is 5.02 Å². The van der Waals surface area contributed by atoms with Gasteiger partial charge in [0.1, 0.15) is 0 Å². The SMILES string of the molecule is Cc1csc2ccc(Cl)cc2c1=O. The lowest BCUT2D eigenvalue weighted by Gasteiger charge is -1.97. The van der Waals surface area contributed by atoms with Crippen LogP contribution in [0, 0.1) is 6.92 Å². The van der Waals surface area contributed by atoms with Gasteiger partial charge in [0.2, 0.25) is 0 Å². The molecule has 0 bridgehead atoms. The van der Waals surface area contributed by atoms with Gasteiger partial charge in [-0.05, 0) is 30.5 Å². The van der Waals surface area contributed by atoms with Crippen LogP contribution in [0.25, 0.3) is 10.1 Å². The second-order valence-corrected chi connectivity index (χ2v) is 4.24. The van der Waals surface area contributed by atoms with Crippen LogP contribution in [-0.4, -0.2) is 0 Å². The Labute approximate surface area is 84.6 Å². The Morgan fingerprint density at radius 2 is 2.15 bits per heavy atom. The van der Waals surface area contributed by atoms with E-state index in [1.165, 1.54) is 0 Å². The van der Waals surface area contributed by atoms with Crippen LogP contribution in [0.5, 0.6) is 0 Å². The summed E-state index contributed by atoms with van der Waals surface area (Å²) >= 11 is 7.38. The van der Waals surface area contributed by atoms with Crippen molar-refractivity contribution >= 4 is 33.0 Å². The molecule has 0 radical (unpaired) electrons. The Hall–Kier alpha value is -0.860. The molecule has 0 aliphatic heterocycles. The van der Waals surface area contributed by atoms with Gasteiger partial charge in [-0.3, -0.25) is 4.79 Å². The van der Waals surface area contributed by atoms with Gasteiger partial charge in [-0.15, -0.1) is 11.3 Å². The fourth-order valence-corrected chi connectivity index (χ4v) is 2.21. The molecule has 0 spiro atoms. The van der Waals surface area contributed by atoms with Gasteiger partial charge in [0, 0.05) is 20.7 Å². The fraction of sp³-hybridized carbons (Fsp3) is 0.100. The minimum atomic E-state index is 0.0799. The fourth-order valence-electron chi connectivity index (χ4n) is 1.20. The normalized spacial score (nSPS) is 10.6. The molecule has 1 heterocycles. The van der Waals surface area contributed by atoms with Crippen LogP contribution in [-0.2, 0) is 0 Å². The Morgan fingerprint density at radius 3 is 2.92 bits per heavy atom. The number of aryl methyl sites for hydroxylation is 1. The van der Waals surface area contributed by atoms with Gasteiger partial charge in [-0.25, -0.2) is 0 Å². The summed E-state index contributed by atoms with van der Waals surface area (Å²) in [7, 11) is 0. The maximum atomic E-state index is 11.6. The molecule has 66 valence electrons. The summed E-state index contributed by atoms with van der Waals surface area (Å²) in [6, 6.07) is 5.40. The number of rotatable bonds is 0. The summed E-state index contributed by atoms with van der Waals surface area (Å²) in [5.74, 6) is 0. The highest BCUT2D eigenvalue weighted by Crippen LogP contribution is 2.20. The average Bonchev–Trinajstić information content (AvgIpc) is 2.12. The third-order valence-corrected chi connectivity index (χ3v) is 3.22. The van der Waals surface area contributed by atoms with E-state index in [4.69, 9.17) is 11.6 Å². The highest BCUT2D eigenvalue weighted by Gasteiger charge is 2.01. The van der Waals surface area contributed by atoms with Gasteiger partial charge >= 0.3 is 0 Å². The number of benzene rings is 1. The summed E-state index contributed by atoms with van der Waals surface area (Å²) < 4.78 is 0.986. The number of fused-ring (bicyclic) bond motifs is 1. The van der Waals surface area contributed by atoms with E-state index in [0.29, 0.717) is 5.02 Å². The summed E-state index contributed by atoms with van der Waals surface area (Å²) in [5, 5.41) is 3.21. The second kappa shape index (κ2) is 3.13. The zero-order valence-electron chi connectivity index (χ0n) is 7.00. The van der Waals surface area contributed by atoms with Gasteiger partial charge in [0.05, 0.1) is 0 Å². The smallest absolute Gasteiger partial charge is 0.190 e. The molecule has 0 atom stereocenters. The minimum absolute atomic E-state index is 0.0799. The van der Waals surface area contributed by atoms with Gasteiger partial charge in [-0.1, -0.05) is 11.6 Å². The lowest BCUT2D eigenvalue weighted by molar-refractivity contribution is 1.47. The van der Waals surface area contributed by atoms with E-state index in [-0.39, 0.29) is 5.43 Å². The largest absolute Gasteiger partial charge is 0.289 e. The van der Waals surface area contributed by atoms with Crippen LogP contribution in [0.15, 0.2) is 28.4 Å². The van der Waals surface area contributed by atoms with Crippen molar-refractivity contribution in [2.24, 2.45) is 0 Å². The van der Waals surface area contributed by atoms with Crippen molar-refractivity contribution in [2.75, 3.05) is 0 Å². The first-order valence-corrected chi connectivity index (χ1v) is 5.12. The molecular weight excluding hydrogens is 204 g/mol. The van der Waals surface area contributed by atoms with Crippen LogP contribution < -0.4 is 5.43 Å². The average molecular weight is 211 g/mol. The topological polar surface area (TPSA) is 17.1 Å². The van der Waals surface area contributed by atoms with Gasteiger partial charge in [0.25, 0.3) is 0 Å². The van der Waals surface area contributed by atoms with E-state index in [9.17, 15) is 4.79 Å². The van der Waals surface area contributed by atoms with Gasteiger partial charge in [0.15, 0.2) is 5.43 Å². The molecule has 0 unspecified atom stereocenters. The third-order valence-electron chi connectivity index (χ3n) is 1.91. The van der Waals surface area contributed by atoms with E-state index in [0.717, 1.165) is 15.6 Å². The Balaban J connectivity index is 2.97. The molecule has 0 saturated heterocycles. The Kier molecular flexibility index (Phi) is 2.10.